The van der Waals surface area contributed by atoms with E-state index in [0.717, 1.165) is 12.8 Å². The number of hydrogen-bond acceptors (Lipinski definition) is 1. The first-order valence-electron chi connectivity index (χ1n) is 8.24. The first-order chi connectivity index (χ1) is 10.3. The third-order valence-electron chi connectivity index (χ3n) is 4.23. The van der Waals surface area contributed by atoms with E-state index < -0.39 is 0 Å². The van der Waals surface area contributed by atoms with E-state index >= 15 is 0 Å². The minimum absolute atomic E-state index is 0.132. The van der Waals surface area contributed by atoms with Gasteiger partial charge in [0.05, 0.1) is 0 Å². The maximum Gasteiger partial charge on any atom is 0.178 e. The molecule has 0 spiro atoms. The molecule has 1 unspecified atom stereocenters. The Kier molecular flexibility index (Phi) is 6.46. The van der Waals surface area contributed by atoms with E-state index in [1.807, 2.05) is 6.08 Å². The van der Waals surface area contributed by atoms with Crippen LogP contribution in [0.1, 0.15) is 50.2 Å². The summed E-state index contributed by atoms with van der Waals surface area (Å²) in [6, 6.07) is 9.02. The van der Waals surface area contributed by atoms with Gasteiger partial charge in [0, 0.05) is 0 Å². The second-order valence-corrected chi connectivity index (χ2v) is 5.93. The zero-order valence-corrected chi connectivity index (χ0v) is 13.1. The largest absolute Gasteiger partial charge is 0.290 e. The fourth-order valence-electron chi connectivity index (χ4n) is 2.79. The van der Waals surface area contributed by atoms with Crippen LogP contribution in [0.5, 0.6) is 0 Å². The number of aryl methyl sites for hydroxylation is 2. The standard InChI is InChI=1S/C20H26O/c1-2-17-11-13-19(14-12-17)8-5-3-4-7-18-9-6-10-20(21)16-15-18/h6,10-16,18H,2-5,7-9H2,1H3. The minimum Gasteiger partial charge on any atom is -0.290 e. The van der Waals surface area contributed by atoms with Gasteiger partial charge in [0.15, 0.2) is 5.78 Å². The summed E-state index contributed by atoms with van der Waals surface area (Å²) in [4.78, 5) is 11.2. The van der Waals surface area contributed by atoms with E-state index in [0.29, 0.717) is 5.92 Å². The molecule has 1 aliphatic rings. The average Bonchev–Trinajstić information content (AvgIpc) is 2.72. The molecule has 1 aromatic carbocycles. The Labute approximate surface area is 128 Å². The molecule has 1 aromatic rings. The molecule has 1 nitrogen and oxygen atoms in total. The quantitative estimate of drug-likeness (QED) is 0.639. The Bertz CT molecular complexity index is 493. The highest BCUT2D eigenvalue weighted by molar-refractivity contribution is 5.99. The van der Waals surface area contributed by atoms with Gasteiger partial charge < -0.3 is 0 Å². The lowest BCUT2D eigenvalue weighted by atomic mass is 9.97. The molecule has 1 heteroatoms. The molecule has 0 saturated heterocycles. The number of carbonyl (C=O) groups is 1. The molecule has 0 aliphatic heterocycles. The predicted octanol–water partition coefficient (Wildman–Crippen LogP) is 5.05. The molecule has 1 atom stereocenters. The average molecular weight is 282 g/mol. The highest BCUT2D eigenvalue weighted by atomic mass is 16.1. The molecule has 0 bridgehead atoms. The smallest absolute Gasteiger partial charge is 0.178 e. The van der Waals surface area contributed by atoms with Gasteiger partial charge in [-0.05, 0) is 61.3 Å². The van der Waals surface area contributed by atoms with Gasteiger partial charge in [-0.15, -0.1) is 0 Å². The molecule has 0 amide bonds. The Morgan fingerprint density at radius 2 is 1.76 bits per heavy atom. The number of allylic oxidation sites excluding steroid dienone is 4. The lowest BCUT2D eigenvalue weighted by Crippen LogP contribution is -1.95. The molecule has 21 heavy (non-hydrogen) atoms. The Hall–Kier alpha value is -1.63. The van der Waals surface area contributed by atoms with Crippen molar-refractivity contribution in [2.24, 2.45) is 5.92 Å². The molecule has 112 valence electrons. The topological polar surface area (TPSA) is 17.1 Å². The van der Waals surface area contributed by atoms with Crippen molar-refractivity contribution < 1.29 is 4.79 Å². The molecule has 0 N–H and O–H groups in total. The summed E-state index contributed by atoms with van der Waals surface area (Å²) >= 11 is 0. The molecule has 0 radical (unpaired) electrons. The van der Waals surface area contributed by atoms with Crippen molar-refractivity contribution in [3.8, 4) is 0 Å². The third-order valence-corrected chi connectivity index (χ3v) is 4.23. The summed E-state index contributed by atoms with van der Waals surface area (Å²) in [5.41, 5.74) is 2.87. The van der Waals surface area contributed by atoms with Crippen LogP contribution in [0.25, 0.3) is 0 Å². The fourth-order valence-corrected chi connectivity index (χ4v) is 2.79. The Morgan fingerprint density at radius 1 is 1.00 bits per heavy atom. The van der Waals surface area contributed by atoms with Crippen LogP contribution >= 0.6 is 0 Å². The normalized spacial score (nSPS) is 18.0. The molecule has 1 aliphatic carbocycles. The van der Waals surface area contributed by atoms with Crippen molar-refractivity contribution in [2.45, 2.75) is 51.9 Å². The molecule has 0 heterocycles. The van der Waals surface area contributed by atoms with Gasteiger partial charge in [0.2, 0.25) is 0 Å². The third kappa shape index (κ3) is 5.71. The van der Waals surface area contributed by atoms with Gasteiger partial charge in [0.25, 0.3) is 0 Å². The van der Waals surface area contributed by atoms with E-state index in [4.69, 9.17) is 0 Å². The number of hydrogen-bond donors (Lipinski definition) is 0. The van der Waals surface area contributed by atoms with E-state index in [-0.39, 0.29) is 5.78 Å². The van der Waals surface area contributed by atoms with E-state index in [2.05, 4.69) is 37.3 Å². The van der Waals surface area contributed by atoms with Crippen LogP contribution < -0.4 is 0 Å². The second-order valence-electron chi connectivity index (χ2n) is 5.93. The lowest BCUT2D eigenvalue weighted by Gasteiger charge is -2.09. The van der Waals surface area contributed by atoms with Gasteiger partial charge in [-0.25, -0.2) is 0 Å². The summed E-state index contributed by atoms with van der Waals surface area (Å²) in [6.45, 7) is 2.19. The first-order valence-corrected chi connectivity index (χ1v) is 8.24. The molecular formula is C20H26O. The van der Waals surface area contributed by atoms with Gasteiger partial charge in [-0.3, -0.25) is 4.79 Å². The lowest BCUT2D eigenvalue weighted by molar-refractivity contribution is -0.110. The number of rotatable bonds is 7. The number of benzene rings is 1. The highest BCUT2D eigenvalue weighted by Gasteiger charge is 2.06. The summed E-state index contributed by atoms with van der Waals surface area (Å²) in [7, 11) is 0. The maximum absolute atomic E-state index is 11.2. The zero-order valence-electron chi connectivity index (χ0n) is 13.1. The molecule has 0 saturated carbocycles. The monoisotopic (exact) mass is 282 g/mol. The van der Waals surface area contributed by atoms with Crippen molar-refractivity contribution in [1.82, 2.24) is 0 Å². The van der Waals surface area contributed by atoms with Gasteiger partial charge >= 0.3 is 0 Å². The van der Waals surface area contributed by atoms with Crippen LogP contribution in [-0.2, 0) is 17.6 Å². The van der Waals surface area contributed by atoms with E-state index in [9.17, 15) is 4.79 Å². The van der Waals surface area contributed by atoms with Crippen molar-refractivity contribution >= 4 is 5.78 Å². The molecule has 0 aromatic heterocycles. The fraction of sp³-hybridized carbons (Fsp3) is 0.450. The van der Waals surface area contributed by atoms with Crippen molar-refractivity contribution in [3.05, 3.63) is 59.7 Å². The molecular weight excluding hydrogens is 256 g/mol. The molecule has 0 fully saturated rings. The van der Waals surface area contributed by atoms with Crippen molar-refractivity contribution in [2.75, 3.05) is 0 Å². The Balaban J connectivity index is 1.62. The second kappa shape index (κ2) is 8.61. The van der Waals surface area contributed by atoms with Crippen LogP contribution in [0, 0.1) is 5.92 Å². The van der Waals surface area contributed by atoms with Gasteiger partial charge in [-0.1, -0.05) is 56.2 Å². The summed E-state index contributed by atoms with van der Waals surface area (Å²) in [5.74, 6) is 0.685. The SMILES string of the molecule is CCc1ccc(CCCCCC2C=CC(=O)C=CC2)cc1. The molecule has 2 rings (SSSR count). The van der Waals surface area contributed by atoms with Crippen LogP contribution in [0.4, 0.5) is 0 Å². The van der Waals surface area contributed by atoms with E-state index in [1.165, 1.54) is 43.2 Å². The number of unbranched alkanes of at least 4 members (excludes halogenated alkanes) is 2. The number of carbonyl (C=O) groups excluding carboxylic acids is 1. The van der Waals surface area contributed by atoms with E-state index in [1.54, 1.807) is 12.2 Å². The predicted molar refractivity (Wildman–Crippen MR) is 89.4 cm³/mol. The minimum atomic E-state index is 0.132. The Morgan fingerprint density at radius 3 is 2.52 bits per heavy atom. The van der Waals surface area contributed by atoms with Crippen LogP contribution in [0.15, 0.2) is 48.6 Å². The van der Waals surface area contributed by atoms with Gasteiger partial charge in [0.1, 0.15) is 0 Å². The summed E-state index contributed by atoms with van der Waals surface area (Å²) < 4.78 is 0. The van der Waals surface area contributed by atoms with Crippen LogP contribution in [0.2, 0.25) is 0 Å². The van der Waals surface area contributed by atoms with Crippen molar-refractivity contribution in [3.63, 3.8) is 0 Å². The summed E-state index contributed by atoms with van der Waals surface area (Å²) in [5, 5.41) is 0. The van der Waals surface area contributed by atoms with Crippen molar-refractivity contribution in [1.29, 1.82) is 0 Å². The first kappa shape index (κ1) is 15.8. The maximum atomic E-state index is 11.2. The van der Waals surface area contributed by atoms with Gasteiger partial charge in [-0.2, -0.15) is 0 Å². The van der Waals surface area contributed by atoms with Crippen LogP contribution in [0.3, 0.4) is 0 Å². The number of ketones is 1. The zero-order chi connectivity index (χ0) is 14.9. The highest BCUT2D eigenvalue weighted by Crippen LogP contribution is 2.19. The summed E-state index contributed by atoms with van der Waals surface area (Å²) in [6.07, 6.45) is 15.8. The van der Waals surface area contributed by atoms with Crippen LogP contribution in [-0.4, -0.2) is 5.78 Å².